The minimum Gasteiger partial charge on any atom is -0.497 e. The van der Waals surface area contributed by atoms with Crippen molar-refractivity contribution >= 4 is 29.1 Å². The minimum atomic E-state index is -0.394. The summed E-state index contributed by atoms with van der Waals surface area (Å²) in [6.45, 7) is 0.849. The Morgan fingerprint density at radius 3 is 2.20 bits per heavy atom. The van der Waals surface area contributed by atoms with Crippen LogP contribution in [-0.4, -0.2) is 42.8 Å². The van der Waals surface area contributed by atoms with Crippen LogP contribution in [0.25, 0.3) is 0 Å². The van der Waals surface area contributed by atoms with E-state index in [-0.39, 0.29) is 23.6 Å². The summed E-state index contributed by atoms with van der Waals surface area (Å²) in [6, 6.07) is 19.2. The predicted molar refractivity (Wildman–Crippen MR) is 131 cm³/mol. The lowest BCUT2D eigenvalue weighted by Crippen LogP contribution is -2.41. The van der Waals surface area contributed by atoms with Crippen LogP contribution in [-0.2, 0) is 4.79 Å². The highest BCUT2D eigenvalue weighted by atomic mass is 19.1. The number of hydrogen-bond donors (Lipinski definition) is 2. The van der Waals surface area contributed by atoms with Crippen LogP contribution < -0.4 is 15.4 Å². The second-order valence-corrected chi connectivity index (χ2v) is 8.29. The SMILES string of the molecule is COc1ccc(NC(=O)c2ccccc2NC(=O)C2CCN(C(=O)c3ccc(F)cc3)CC2)cc1. The summed E-state index contributed by atoms with van der Waals surface area (Å²) in [5.74, 6) is -0.709. The molecular weight excluding hydrogens is 449 g/mol. The second-order valence-electron chi connectivity index (χ2n) is 8.29. The van der Waals surface area contributed by atoms with Crippen LogP contribution in [0.2, 0.25) is 0 Å². The number of carbonyl (C=O) groups is 3. The molecule has 0 radical (unpaired) electrons. The van der Waals surface area contributed by atoms with E-state index in [1.54, 1.807) is 60.5 Å². The molecule has 0 aliphatic carbocycles. The number of benzene rings is 3. The van der Waals surface area contributed by atoms with Crippen LogP contribution in [0, 0.1) is 11.7 Å². The van der Waals surface area contributed by atoms with Gasteiger partial charge in [-0.3, -0.25) is 14.4 Å². The molecule has 180 valence electrons. The maximum atomic E-state index is 13.1. The Morgan fingerprint density at radius 1 is 0.886 bits per heavy atom. The molecule has 1 aliphatic heterocycles. The average molecular weight is 476 g/mol. The van der Waals surface area contributed by atoms with Gasteiger partial charge in [0.2, 0.25) is 5.91 Å². The molecule has 0 saturated carbocycles. The molecule has 1 saturated heterocycles. The molecule has 1 fully saturated rings. The van der Waals surface area contributed by atoms with E-state index in [0.29, 0.717) is 54.2 Å². The molecule has 8 heteroatoms. The zero-order valence-electron chi connectivity index (χ0n) is 19.3. The molecule has 35 heavy (non-hydrogen) atoms. The number of ether oxygens (including phenoxy) is 1. The molecule has 0 unspecified atom stereocenters. The fraction of sp³-hybridized carbons (Fsp3) is 0.222. The largest absolute Gasteiger partial charge is 0.497 e. The summed E-state index contributed by atoms with van der Waals surface area (Å²) in [5, 5.41) is 5.71. The van der Waals surface area contributed by atoms with Crippen molar-refractivity contribution in [3.8, 4) is 5.75 Å². The van der Waals surface area contributed by atoms with Crippen molar-refractivity contribution in [1.29, 1.82) is 0 Å². The fourth-order valence-corrected chi connectivity index (χ4v) is 4.02. The summed E-state index contributed by atoms with van der Waals surface area (Å²) in [4.78, 5) is 40.1. The summed E-state index contributed by atoms with van der Waals surface area (Å²) < 4.78 is 18.3. The normalized spacial score (nSPS) is 13.7. The van der Waals surface area contributed by atoms with Crippen molar-refractivity contribution in [3.05, 3.63) is 89.7 Å². The van der Waals surface area contributed by atoms with E-state index < -0.39 is 5.82 Å². The maximum absolute atomic E-state index is 13.1. The number of carbonyl (C=O) groups excluding carboxylic acids is 3. The molecule has 1 aliphatic rings. The Bertz CT molecular complexity index is 1200. The maximum Gasteiger partial charge on any atom is 0.257 e. The van der Waals surface area contributed by atoms with Crippen molar-refractivity contribution in [3.63, 3.8) is 0 Å². The summed E-state index contributed by atoms with van der Waals surface area (Å²) >= 11 is 0. The lowest BCUT2D eigenvalue weighted by Gasteiger charge is -2.31. The van der Waals surface area contributed by atoms with Crippen LogP contribution >= 0.6 is 0 Å². The van der Waals surface area contributed by atoms with Gasteiger partial charge in [-0.25, -0.2) is 4.39 Å². The number of likely N-dealkylation sites (tertiary alicyclic amines) is 1. The first-order chi connectivity index (χ1) is 16.9. The quantitative estimate of drug-likeness (QED) is 0.547. The number of anilines is 2. The van der Waals surface area contributed by atoms with Crippen LogP contribution in [0.3, 0.4) is 0 Å². The molecular formula is C27H26FN3O4. The predicted octanol–water partition coefficient (Wildman–Crippen LogP) is 4.58. The van der Waals surface area contributed by atoms with Gasteiger partial charge in [-0.05, 0) is 73.5 Å². The Balaban J connectivity index is 1.36. The van der Waals surface area contributed by atoms with Gasteiger partial charge in [0.05, 0.1) is 18.4 Å². The van der Waals surface area contributed by atoms with Gasteiger partial charge >= 0.3 is 0 Å². The zero-order valence-corrected chi connectivity index (χ0v) is 19.3. The van der Waals surface area contributed by atoms with E-state index in [2.05, 4.69) is 10.6 Å². The lowest BCUT2D eigenvalue weighted by molar-refractivity contribution is -0.121. The number of para-hydroxylation sites is 1. The highest BCUT2D eigenvalue weighted by Crippen LogP contribution is 2.24. The molecule has 3 amide bonds. The first-order valence-corrected chi connectivity index (χ1v) is 11.3. The van der Waals surface area contributed by atoms with Gasteiger partial charge in [-0.1, -0.05) is 12.1 Å². The van der Waals surface area contributed by atoms with E-state index in [4.69, 9.17) is 4.74 Å². The minimum absolute atomic E-state index is 0.176. The number of halogens is 1. The number of amides is 3. The monoisotopic (exact) mass is 475 g/mol. The Kier molecular flexibility index (Phi) is 7.40. The van der Waals surface area contributed by atoms with E-state index in [1.807, 2.05) is 0 Å². The second kappa shape index (κ2) is 10.8. The third-order valence-corrected chi connectivity index (χ3v) is 6.02. The smallest absolute Gasteiger partial charge is 0.257 e. The topological polar surface area (TPSA) is 87.7 Å². The molecule has 0 atom stereocenters. The van der Waals surface area contributed by atoms with Crippen molar-refractivity contribution < 1.29 is 23.5 Å². The molecule has 1 heterocycles. The summed E-state index contributed by atoms with van der Waals surface area (Å²) in [6.07, 6.45) is 0.998. The van der Waals surface area contributed by atoms with E-state index in [0.717, 1.165) is 0 Å². The van der Waals surface area contributed by atoms with E-state index in [9.17, 15) is 18.8 Å². The van der Waals surface area contributed by atoms with E-state index in [1.165, 1.54) is 24.3 Å². The number of nitrogens with one attached hydrogen (secondary N) is 2. The summed E-state index contributed by atoms with van der Waals surface area (Å²) in [7, 11) is 1.57. The average Bonchev–Trinajstić information content (AvgIpc) is 2.89. The molecule has 3 aromatic carbocycles. The highest BCUT2D eigenvalue weighted by molar-refractivity contribution is 6.10. The van der Waals surface area contributed by atoms with Crippen molar-refractivity contribution in [2.45, 2.75) is 12.8 Å². The highest BCUT2D eigenvalue weighted by Gasteiger charge is 2.28. The number of rotatable bonds is 6. The van der Waals surface area contributed by atoms with Crippen LogP contribution in [0.1, 0.15) is 33.6 Å². The van der Waals surface area contributed by atoms with E-state index >= 15 is 0 Å². The van der Waals surface area contributed by atoms with Crippen LogP contribution in [0.4, 0.5) is 15.8 Å². The number of nitrogens with zero attached hydrogens (tertiary/aromatic N) is 1. The molecule has 0 bridgehead atoms. The lowest BCUT2D eigenvalue weighted by atomic mass is 9.95. The molecule has 7 nitrogen and oxygen atoms in total. The van der Waals surface area contributed by atoms with Gasteiger partial charge in [-0.2, -0.15) is 0 Å². The van der Waals surface area contributed by atoms with Crippen LogP contribution in [0.15, 0.2) is 72.8 Å². The Labute approximate surface area is 202 Å². The van der Waals surface area contributed by atoms with Gasteiger partial charge in [-0.15, -0.1) is 0 Å². The molecule has 3 aromatic rings. The molecule has 0 aromatic heterocycles. The van der Waals surface area contributed by atoms with Gasteiger partial charge < -0.3 is 20.3 Å². The molecule has 0 spiro atoms. The summed E-state index contributed by atoms with van der Waals surface area (Å²) in [5.41, 5.74) is 1.80. The molecule has 4 rings (SSSR count). The zero-order chi connectivity index (χ0) is 24.8. The van der Waals surface area contributed by atoms with Crippen molar-refractivity contribution in [1.82, 2.24) is 4.90 Å². The Morgan fingerprint density at radius 2 is 1.54 bits per heavy atom. The first-order valence-electron chi connectivity index (χ1n) is 11.3. The molecule has 2 N–H and O–H groups in total. The van der Waals surface area contributed by atoms with Crippen molar-refractivity contribution in [2.75, 3.05) is 30.8 Å². The van der Waals surface area contributed by atoms with Gasteiger partial charge in [0.1, 0.15) is 11.6 Å². The van der Waals surface area contributed by atoms with Crippen LogP contribution in [0.5, 0.6) is 5.75 Å². The van der Waals surface area contributed by atoms with Gasteiger partial charge in [0, 0.05) is 30.3 Å². The third-order valence-electron chi connectivity index (χ3n) is 6.02. The number of hydrogen-bond acceptors (Lipinski definition) is 4. The number of methoxy groups -OCH3 is 1. The number of piperidine rings is 1. The van der Waals surface area contributed by atoms with Gasteiger partial charge in [0.25, 0.3) is 11.8 Å². The van der Waals surface area contributed by atoms with Crippen molar-refractivity contribution in [2.24, 2.45) is 5.92 Å². The van der Waals surface area contributed by atoms with Gasteiger partial charge in [0.15, 0.2) is 0 Å². The fourth-order valence-electron chi connectivity index (χ4n) is 4.02. The first kappa shape index (κ1) is 23.9. The third kappa shape index (κ3) is 5.84. The Hall–Kier alpha value is -4.20. The standard InChI is InChI=1S/C27H26FN3O4/c1-35-22-12-10-21(11-13-22)29-26(33)23-4-2-3-5-24(23)30-25(32)18-14-16-31(17-15-18)27(34)19-6-8-20(28)9-7-19/h2-13,18H,14-17H2,1H3,(H,29,33)(H,30,32).